The largest absolute Gasteiger partial charge is 0.407 e. The zero-order valence-corrected chi connectivity index (χ0v) is 13.7. The third-order valence-electron chi connectivity index (χ3n) is 4.32. The standard InChI is InChI=1S/C16H16F7NS/c17-8-14(9-18,10-19)15(11-20,16(21,22)23)25-7-6-13(24-25)12-4-2-1-3-5-12/h1-7,24H,8-11H2. The van der Waals surface area contributed by atoms with Gasteiger partial charge in [-0.05, 0) is 17.0 Å². The summed E-state index contributed by atoms with van der Waals surface area (Å²) in [5.74, 6) is 0. The maximum atomic E-state index is 13.8. The van der Waals surface area contributed by atoms with E-state index in [1.165, 1.54) is 6.08 Å². The van der Waals surface area contributed by atoms with Crippen molar-refractivity contribution in [1.29, 1.82) is 0 Å². The van der Waals surface area contributed by atoms with E-state index in [0.717, 1.165) is 5.37 Å². The van der Waals surface area contributed by atoms with E-state index in [1.54, 1.807) is 30.3 Å². The molecule has 140 valence electrons. The summed E-state index contributed by atoms with van der Waals surface area (Å²) >= 11 is 0. The highest BCUT2D eigenvalue weighted by molar-refractivity contribution is 8.15. The first-order valence-corrected chi connectivity index (χ1v) is 8.51. The Labute approximate surface area is 143 Å². The SMILES string of the molecule is FCC(CF)(CF)C(CF)(S1=CC=C(c2ccccc2)N1)C(F)(F)F. The average molecular weight is 387 g/mol. The molecule has 9 heteroatoms. The Morgan fingerprint density at radius 3 is 1.84 bits per heavy atom. The Morgan fingerprint density at radius 1 is 0.840 bits per heavy atom. The van der Waals surface area contributed by atoms with Crippen molar-refractivity contribution < 1.29 is 30.7 Å². The van der Waals surface area contributed by atoms with Gasteiger partial charge in [0, 0.05) is 0 Å². The number of alkyl halides is 7. The van der Waals surface area contributed by atoms with Gasteiger partial charge in [0.05, 0.1) is 11.1 Å². The minimum Gasteiger partial charge on any atom is -0.334 e. The second-order valence-corrected chi connectivity index (χ2v) is 7.51. The van der Waals surface area contributed by atoms with Crippen LogP contribution in [0.1, 0.15) is 5.56 Å². The van der Waals surface area contributed by atoms with Crippen molar-refractivity contribution in [2.24, 2.45) is 5.41 Å². The van der Waals surface area contributed by atoms with Gasteiger partial charge >= 0.3 is 6.18 Å². The monoisotopic (exact) mass is 387 g/mol. The minimum atomic E-state index is -5.36. The van der Waals surface area contributed by atoms with Gasteiger partial charge in [0.2, 0.25) is 0 Å². The topological polar surface area (TPSA) is 12.0 Å². The van der Waals surface area contributed by atoms with E-state index in [0.29, 0.717) is 5.56 Å². The molecule has 0 aliphatic carbocycles. The lowest BCUT2D eigenvalue weighted by Gasteiger charge is -2.46. The third-order valence-corrected chi connectivity index (χ3v) is 6.69. The average Bonchev–Trinajstić information content (AvgIpc) is 3.09. The van der Waals surface area contributed by atoms with Crippen molar-refractivity contribution in [3.8, 4) is 0 Å². The number of hydrogen-bond donors (Lipinski definition) is 1. The van der Waals surface area contributed by atoms with Gasteiger partial charge in [-0.3, -0.25) is 13.2 Å². The first-order valence-electron chi connectivity index (χ1n) is 7.23. The fraction of sp³-hybridized carbons (Fsp3) is 0.438. The van der Waals surface area contributed by atoms with E-state index in [9.17, 15) is 30.7 Å². The Bertz CT molecular complexity index is 644. The summed E-state index contributed by atoms with van der Waals surface area (Å²) in [5.41, 5.74) is -2.38. The first-order chi connectivity index (χ1) is 11.8. The maximum Gasteiger partial charge on any atom is 0.407 e. The van der Waals surface area contributed by atoms with E-state index < -0.39 is 53.7 Å². The molecule has 0 spiro atoms. The van der Waals surface area contributed by atoms with Crippen molar-refractivity contribution in [2.75, 3.05) is 26.7 Å². The van der Waals surface area contributed by atoms with Crippen LogP contribution in [0.2, 0.25) is 0 Å². The van der Waals surface area contributed by atoms with Gasteiger partial charge in [0.15, 0.2) is 4.75 Å². The summed E-state index contributed by atoms with van der Waals surface area (Å²) in [6.45, 7) is -8.05. The van der Waals surface area contributed by atoms with Gasteiger partial charge in [0.1, 0.15) is 26.7 Å². The zero-order valence-electron chi connectivity index (χ0n) is 12.9. The fourth-order valence-electron chi connectivity index (χ4n) is 2.66. The summed E-state index contributed by atoms with van der Waals surface area (Å²) in [7, 11) is -2.18. The van der Waals surface area contributed by atoms with Crippen LogP contribution in [-0.2, 0) is 0 Å². The zero-order chi connectivity index (χ0) is 18.7. The van der Waals surface area contributed by atoms with Crippen molar-refractivity contribution >= 4 is 21.7 Å². The molecule has 1 aliphatic heterocycles. The molecule has 0 fully saturated rings. The number of allylic oxidation sites excluding steroid dienone is 1. The Balaban J connectivity index is 2.50. The van der Waals surface area contributed by atoms with E-state index in [2.05, 4.69) is 4.72 Å². The minimum absolute atomic E-state index is 0.247. The van der Waals surface area contributed by atoms with Crippen molar-refractivity contribution in [3.05, 3.63) is 42.0 Å². The molecule has 0 bridgehead atoms. The van der Waals surface area contributed by atoms with E-state index in [4.69, 9.17) is 0 Å². The summed E-state index contributed by atoms with van der Waals surface area (Å²) in [4.78, 5) is 0. The Hall–Kier alpha value is -1.51. The van der Waals surface area contributed by atoms with Crippen molar-refractivity contribution in [1.82, 2.24) is 4.72 Å². The first kappa shape index (κ1) is 19.8. The second kappa shape index (κ2) is 7.39. The molecular formula is C16H16F7NS. The van der Waals surface area contributed by atoms with Crippen LogP contribution in [0.4, 0.5) is 30.7 Å². The third kappa shape index (κ3) is 3.07. The number of rotatable bonds is 7. The molecule has 1 aliphatic rings. The Morgan fingerprint density at radius 2 is 1.40 bits per heavy atom. The Kier molecular flexibility index (Phi) is 5.86. The summed E-state index contributed by atoms with van der Waals surface area (Å²) in [6.07, 6.45) is -4.08. The maximum absolute atomic E-state index is 13.8. The molecule has 0 aromatic heterocycles. The van der Waals surface area contributed by atoms with Crippen LogP contribution >= 0.6 is 10.7 Å². The van der Waals surface area contributed by atoms with E-state index >= 15 is 0 Å². The smallest absolute Gasteiger partial charge is 0.334 e. The molecule has 1 aromatic carbocycles. The molecule has 1 nitrogen and oxygen atoms in total. The van der Waals surface area contributed by atoms with Crippen molar-refractivity contribution in [3.63, 3.8) is 0 Å². The number of halogens is 7. The lowest BCUT2D eigenvalue weighted by atomic mass is 9.77. The molecule has 2 atom stereocenters. The van der Waals surface area contributed by atoms with Crippen LogP contribution in [-0.4, -0.2) is 43.0 Å². The summed E-state index contributed by atoms with van der Waals surface area (Å²) < 4.78 is 94.3. The number of hydrogen-bond acceptors (Lipinski definition) is 1. The molecule has 0 radical (unpaired) electrons. The van der Waals surface area contributed by atoms with Crippen molar-refractivity contribution in [2.45, 2.75) is 10.9 Å². The quantitative estimate of drug-likeness (QED) is 0.524. The lowest BCUT2D eigenvalue weighted by molar-refractivity contribution is -0.201. The second-order valence-electron chi connectivity index (χ2n) is 5.66. The van der Waals surface area contributed by atoms with Gasteiger partial charge in [-0.2, -0.15) is 13.2 Å². The molecule has 1 heterocycles. The summed E-state index contributed by atoms with van der Waals surface area (Å²) in [6, 6.07) is 8.21. The molecule has 0 saturated heterocycles. The van der Waals surface area contributed by atoms with E-state index in [-0.39, 0.29) is 5.70 Å². The lowest BCUT2D eigenvalue weighted by Crippen LogP contribution is -2.63. The predicted octanol–water partition coefficient (Wildman–Crippen LogP) is 4.78. The van der Waals surface area contributed by atoms with Crippen LogP contribution in [0.15, 0.2) is 36.4 Å². The number of nitrogens with one attached hydrogen (secondary N) is 1. The number of benzene rings is 1. The van der Waals surface area contributed by atoms with Gasteiger partial charge in [-0.1, -0.05) is 41.0 Å². The van der Waals surface area contributed by atoms with Crippen LogP contribution in [0.3, 0.4) is 0 Å². The van der Waals surface area contributed by atoms with Gasteiger partial charge in [-0.25, -0.2) is 4.39 Å². The predicted molar refractivity (Wildman–Crippen MR) is 86.3 cm³/mol. The highest BCUT2D eigenvalue weighted by Crippen LogP contribution is 2.57. The van der Waals surface area contributed by atoms with Gasteiger partial charge in [-0.15, -0.1) is 0 Å². The van der Waals surface area contributed by atoms with E-state index in [1.807, 2.05) is 0 Å². The van der Waals surface area contributed by atoms with Crippen LogP contribution in [0.5, 0.6) is 0 Å². The highest BCUT2D eigenvalue weighted by Gasteiger charge is 2.70. The van der Waals surface area contributed by atoms with Gasteiger partial charge in [0.25, 0.3) is 0 Å². The molecule has 2 unspecified atom stereocenters. The van der Waals surface area contributed by atoms with Crippen LogP contribution < -0.4 is 4.72 Å². The van der Waals surface area contributed by atoms with Gasteiger partial charge < -0.3 is 4.72 Å². The molecule has 0 saturated carbocycles. The summed E-state index contributed by atoms with van der Waals surface area (Å²) in [5, 5.41) is 1.01. The normalized spacial score (nSPS) is 20.4. The molecule has 1 aromatic rings. The molecule has 25 heavy (non-hydrogen) atoms. The van der Waals surface area contributed by atoms with Crippen LogP contribution in [0, 0.1) is 5.41 Å². The highest BCUT2D eigenvalue weighted by atomic mass is 32.2. The fourth-order valence-corrected chi connectivity index (χ4v) is 4.83. The molecular weight excluding hydrogens is 371 g/mol. The molecule has 0 amide bonds. The molecule has 1 N–H and O–H groups in total. The molecule has 2 rings (SSSR count). The van der Waals surface area contributed by atoms with Crippen LogP contribution in [0.25, 0.3) is 5.70 Å².